The maximum Gasteiger partial charge on any atom is 0.0700 e. The zero-order valence-corrected chi connectivity index (χ0v) is 11.2. The van der Waals surface area contributed by atoms with Gasteiger partial charge in [0.25, 0.3) is 0 Å². The van der Waals surface area contributed by atoms with Gasteiger partial charge >= 0.3 is 0 Å². The highest BCUT2D eigenvalue weighted by Gasteiger charge is 2.27. The SMILES string of the molecule is COCCOCCN1CC(CN)CC1C.Cl. The van der Waals surface area contributed by atoms with E-state index in [0.717, 1.165) is 26.2 Å². The van der Waals surface area contributed by atoms with Crippen molar-refractivity contribution in [3.63, 3.8) is 0 Å². The monoisotopic (exact) mass is 252 g/mol. The predicted molar refractivity (Wildman–Crippen MR) is 68.1 cm³/mol. The zero-order chi connectivity index (χ0) is 11.1. The molecule has 0 aromatic carbocycles. The van der Waals surface area contributed by atoms with Crippen molar-refractivity contribution in [3.8, 4) is 0 Å². The fourth-order valence-electron chi connectivity index (χ4n) is 2.13. The molecule has 16 heavy (non-hydrogen) atoms. The van der Waals surface area contributed by atoms with E-state index in [1.54, 1.807) is 7.11 Å². The standard InChI is InChI=1S/C11H24N2O2.ClH/c1-10-7-11(8-12)9-13(10)3-4-15-6-5-14-2;/h10-11H,3-9,12H2,1-2H3;1H. The number of nitrogens with two attached hydrogens (primary N) is 1. The van der Waals surface area contributed by atoms with Crippen molar-refractivity contribution in [1.29, 1.82) is 0 Å². The smallest absolute Gasteiger partial charge is 0.0700 e. The van der Waals surface area contributed by atoms with Crippen LogP contribution < -0.4 is 5.73 Å². The lowest BCUT2D eigenvalue weighted by Gasteiger charge is -2.20. The highest BCUT2D eigenvalue weighted by atomic mass is 35.5. The van der Waals surface area contributed by atoms with E-state index >= 15 is 0 Å². The molecule has 0 radical (unpaired) electrons. The van der Waals surface area contributed by atoms with E-state index in [2.05, 4.69) is 11.8 Å². The number of hydrogen-bond donors (Lipinski definition) is 1. The van der Waals surface area contributed by atoms with Crippen molar-refractivity contribution in [2.24, 2.45) is 11.7 Å². The van der Waals surface area contributed by atoms with Crippen LogP contribution in [0.15, 0.2) is 0 Å². The summed E-state index contributed by atoms with van der Waals surface area (Å²) in [5.74, 6) is 0.680. The van der Waals surface area contributed by atoms with Gasteiger partial charge in [-0.3, -0.25) is 4.90 Å². The Kier molecular flexibility index (Phi) is 9.26. The molecule has 1 heterocycles. The van der Waals surface area contributed by atoms with Gasteiger partial charge in [0.1, 0.15) is 0 Å². The molecule has 4 nitrogen and oxygen atoms in total. The Morgan fingerprint density at radius 1 is 1.31 bits per heavy atom. The van der Waals surface area contributed by atoms with Gasteiger partial charge in [0.2, 0.25) is 0 Å². The van der Waals surface area contributed by atoms with Crippen molar-refractivity contribution in [2.45, 2.75) is 19.4 Å². The summed E-state index contributed by atoms with van der Waals surface area (Å²) in [6, 6.07) is 0.657. The van der Waals surface area contributed by atoms with Gasteiger partial charge in [0.05, 0.1) is 19.8 Å². The molecule has 2 N–H and O–H groups in total. The van der Waals surface area contributed by atoms with Crippen molar-refractivity contribution >= 4 is 12.4 Å². The van der Waals surface area contributed by atoms with E-state index in [1.165, 1.54) is 6.42 Å². The summed E-state index contributed by atoms with van der Waals surface area (Å²) >= 11 is 0. The fourth-order valence-corrected chi connectivity index (χ4v) is 2.13. The Morgan fingerprint density at radius 2 is 2.06 bits per heavy atom. The average molecular weight is 253 g/mol. The number of methoxy groups -OCH3 is 1. The molecule has 0 saturated carbocycles. The van der Waals surface area contributed by atoms with Crippen LogP contribution in [0.2, 0.25) is 0 Å². The first-order chi connectivity index (χ1) is 7.27. The Morgan fingerprint density at radius 3 is 2.62 bits per heavy atom. The van der Waals surface area contributed by atoms with Gasteiger partial charge in [-0.2, -0.15) is 0 Å². The van der Waals surface area contributed by atoms with Crippen LogP contribution in [0.25, 0.3) is 0 Å². The second kappa shape index (κ2) is 9.19. The quantitative estimate of drug-likeness (QED) is 0.679. The normalized spacial score (nSPS) is 25.7. The molecule has 1 saturated heterocycles. The second-order valence-electron chi connectivity index (χ2n) is 4.29. The van der Waals surface area contributed by atoms with Crippen LogP contribution >= 0.6 is 12.4 Å². The van der Waals surface area contributed by atoms with Crippen LogP contribution in [-0.2, 0) is 9.47 Å². The van der Waals surface area contributed by atoms with Gasteiger partial charge < -0.3 is 15.2 Å². The number of nitrogens with zero attached hydrogens (tertiary/aromatic N) is 1. The third-order valence-electron chi connectivity index (χ3n) is 3.08. The molecule has 0 aromatic rings. The lowest BCUT2D eigenvalue weighted by molar-refractivity contribution is 0.0559. The molecule has 1 aliphatic rings. The molecule has 98 valence electrons. The van der Waals surface area contributed by atoms with E-state index in [0.29, 0.717) is 25.2 Å². The average Bonchev–Trinajstić information content (AvgIpc) is 2.59. The Labute approximate surface area is 105 Å². The number of halogens is 1. The highest BCUT2D eigenvalue weighted by molar-refractivity contribution is 5.85. The Bertz CT molecular complexity index is 172. The minimum absolute atomic E-state index is 0. The van der Waals surface area contributed by atoms with Gasteiger partial charge in [-0.25, -0.2) is 0 Å². The van der Waals surface area contributed by atoms with Crippen molar-refractivity contribution in [3.05, 3.63) is 0 Å². The van der Waals surface area contributed by atoms with Crippen LogP contribution in [0.1, 0.15) is 13.3 Å². The Balaban J connectivity index is 0.00000225. The molecule has 1 fully saturated rings. The summed E-state index contributed by atoms with van der Waals surface area (Å²) in [7, 11) is 1.69. The molecular formula is C11H25ClN2O2. The molecule has 2 atom stereocenters. The van der Waals surface area contributed by atoms with Crippen molar-refractivity contribution < 1.29 is 9.47 Å². The molecular weight excluding hydrogens is 228 g/mol. The number of rotatable bonds is 7. The van der Waals surface area contributed by atoms with E-state index in [9.17, 15) is 0 Å². The first-order valence-electron chi connectivity index (χ1n) is 5.78. The van der Waals surface area contributed by atoms with E-state index < -0.39 is 0 Å². The van der Waals surface area contributed by atoms with Crippen molar-refractivity contribution in [1.82, 2.24) is 4.90 Å². The highest BCUT2D eigenvalue weighted by Crippen LogP contribution is 2.21. The van der Waals surface area contributed by atoms with Crippen LogP contribution in [0, 0.1) is 5.92 Å². The van der Waals surface area contributed by atoms with Gasteiger partial charge in [0.15, 0.2) is 0 Å². The van der Waals surface area contributed by atoms with Gasteiger partial charge in [0, 0.05) is 26.2 Å². The molecule has 0 spiro atoms. The second-order valence-corrected chi connectivity index (χ2v) is 4.29. The molecule has 1 rings (SSSR count). The van der Waals surface area contributed by atoms with Crippen LogP contribution in [0.3, 0.4) is 0 Å². The van der Waals surface area contributed by atoms with Crippen LogP contribution in [0.5, 0.6) is 0 Å². The molecule has 0 amide bonds. The van der Waals surface area contributed by atoms with Crippen molar-refractivity contribution in [2.75, 3.05) is 46.6 Å². The molecule has 0 aliphatic carbocycles. The molecule has 0 aromatic heterocycles. The summed E-state index contributed by atoms with van der Waals surface area (Å²) in [6.45, 7) is 7.40. The van der Waals surface area contributed by atoms with E-state index in [-0.39, 0.29) is 12.4 Å². The van der Waals surface area contributed by atoms with Crippen LogP contribution in [0.4, 0.5) is 0 Å². The number of likely N-dealkylation sites (tertiary alicyclic amines) is 1. The third-order valence-corrected chi connectivity index (χ3v) is 3.08. The summed E-state index contributed by atoms with van der Waals surface area (Å²) in [6.07, 6.45) is 1.23. The minimum Gasteiger partial charge on any atom is -0.382 e. The maximum atomic E-state index is 5.68. The largest absolute Gasteiger partial charge is 0.382 e. The molecule has 5 heteroatoms. The summed E-state index contributed by atoms with van der Waals surface area (Å²) in [5.41, 5.74) is 5.68. The molecule has 2 unspecified atom stereocenters. The van der Waals surface area contributed by atoms with E-state index in [1.807, 2.05) is 0 Å². The molecule has 0 bridgehead atoms. The summed E-state index contributed by atoms with van der Waals surface area (Å²) in [4.78, 5) is 2.46. The first kappa shape index (κ1) is 16.1. The lowest BCUT2D eigenvalue weighted by atomic mass is 10.1. The molecule has 1 aliphatic heterocycles. The third kappa shape index (κ3) is 5.46. The predicted octanol–water partition coefficient (Wildman–Crippen LogP) is 0.740. The van der Waals surface area contributed by atoms with Gasteiger partial charge in [-0.1, -0.05) is 0 Å². The topological polar surface area (TPSA) is 47.7 Å². The zero-order valence-electron chi connectivity index (χ0n) is 10.4. The van der Waals surface area contributed by atoms with Gasteiger partial charge in [-0.15, -0.1) is 12.4 Å². The maximum absolute atomic E-state index is 5.68. The minimum atomic E-state index is 0. The lowest BCUT2D eigenvalue weighted by Crippen LogP contribution is -2.31. The first-order valence-corrected chi connectivity index (χ1v) is 5.78. The van der Waals surface area contributed by atoms with E-state index in [4.69, 9.17) is 15.2 Å². The summed E-state index contributed by atoms with van der Waals surface area (Å²) < 4.78 is 10.4. The fraction of sp³-hybridized carbons (Fsp3) is 1.00. The number of hydrogen-bond acceptors (Lipinski definition) is 4. The summed E-state index contributed by atoms with van der Waals surface area (Å²) in [5, 5.41) is 0. The number of ether oxygens (including phenoxy) is 2. The Hall–Kier alpha value is 0.130. The van der Waals surface area contributed by atoms with Gasteiger partial charge in [-0.05, 0) is 25.8 Å². The van der Waals surface area contributed by atoms with Crippen LogP contribution in [-0.4, -0.2) is 57.5 Å².